The van der Waals surface area contributed by atoms with Crippen LogP contribution in [0.4, 0.5) is 5.69 Å². The molecule has 1 unspecified atom stereocenters. The first kappa shape index (κ1) is 18.2. The number of carbonyl (C=O) groups is 1. The van der Waals surface area contributed by atoms with Crippen LogP contribution in [0.1, 0.15) is 22.3 Å². The molecule has 0 aliphatic carbocycles. The highest BCUT2D eigenvalue weighted by molar-refractivity contribution is 7.96. The fourth-order valence-corrected chi connectivity index (χ4v) is 8.05. The van der Waals surface area contributed by atoms with E-state index in [0.29, 0.717) is 12.1 Å². The summed E-state index contributed by atoms with van der Waals surface area (Å²) in [5, 5.41) is -0.908. The maximum Gasteiger partial charge on any atom is 0.258 e. The first-order valence-corrected chi connectivity index (χ1v) is 12.1. The van der Waals surface area contributed by atoms with E-state index in [0.717, 1.165) is 17.7 Å². The second kappa shape index (κ2) is 6.45. The molecular weight excluding hydrogens is 386 g/mol. The van der Waals surface area contributed by atoms with Gasteiger partial charge in [-0.05, 0) is 48.7 Å². The van der Waals surface area contributed by atoms with Gasteiger partial charge in [-0.1, -0.05) is 18.2 Å². The highest BCUT2D eigenvalue weighted by Crippen LogP contribution is 2.30. The van der Waals surface area contributed by atoms with E-state index in [9.17, 15) is 21.6 Å². The fourth-order valence-electron chi connectivity index (χ4n) is 3.69. The minimum Gasteiger partial charge on any atom is -0.308 e. The third-order valence-electron chi connectivity index (χ3n) is 5.19. The molecular formula is C19H19NO5S2. The summed E-state index contributed by atoms with van der Waals surface area (Å²) in [5.41, 5.74) is 2.41. The van der Waals surface area contributed by atoms with Crippen molar-refractivity contribution in [2.24, 2.45) is 0 Å². The molecule has 0 aromatic heterocycles. The van der Waals surface area contributed by atoms with Gasteiger partial charge in [0.1, 0.15) is 0 Å². The van der Waals surface area contributed by atoms with Crippen molar-refractivity contribution in [1.82, 2.24) is 0 Å². The number of sulfone groups is 2. The van der Waals surface area contributed by atoms with E-state index in [1.54, 1.807) is 4.90 Å². The van der Waals surface area contributed by atoms with E-state index < -0.39 is 24.9 Å². The molecule has 0 N–H and O–H groups in total. The Morgan fingerprint density at radius 1 is 1.04 bits per heavy atom. The molecule has 0 spiro atoms. The van der Waals surface area contributed by atoms with Crippen LogP contribution in [0.5, 0.6) is 0 Å². The number of nitrogens with zero attached hydrogens (tertiary/aromatic N) is 1. The molecule has 6 nitrogen and oxygen atoms in total. The van der Waals surface area contributed by atoms with E-state index in [4.69, 9.17) is 0 Å². The minimum absolute atomic E-state index is 0.0583. The average Bonchev–Trinajstić information content (AvgIpc) is 3.24. The predicted octanol–water partition coefficient (Wildman–Crippen LogP) is 1.85. The Kier molecular flexibility index (Phi) is 4.35. The predicted molar refractivity (Wildman–Crippen MR) is 103 cm³/mol. The van der Waals surface area contributed by atoms with Crippen molar-refractivity contribution in [3.05, 3.63) is 59.7 Å². The Hall–Kier alpha value is -2.19. The number of amides is 1. The van der Waals surface area contributed by atoms with Crippen molar-refractivity contribution in [1.29, 1.82) is 0 Å². The lowest BCUT2D eigenvalue weighted by Gasteiger charge is -2.17. The van der Waals surface area contributed by atoms with E-state index in [1.807, 2.05) is 24.3 Å². The zero-order chi connectivity index (χ0) is 19.2. The Morgan fingerprint density at radius 2 is 1.74 bits per heavy atom. The van der Waals surface area contributed by atoms with Gasteiger partial charge in [0.15, 0.2) is 19.7 Å². The van der Waals surface area contributed by atoms with Gasteiger partial charge < -0.3 is 4.90 Å². The van der Waals surface area contributed by atoms with Gasteiger partial charge in [0.2, 0.25) is 0 Å². The van der Waals surface area contributed by atoms with Gasteiger partial charge in [0.05, 0.1) is 21.7 Å². The monoisotopic (exact) mass is 405 g/mol. The van der Waals surface area contributed by atoms with Crippen molar-refractivity contribution < 1.29 is 21.6 Å². The number of carbonyl (C=O) groups excluding carboxylic acids is 1. The van der Waals surface area contributed by atoms with Gasteiger partial charge in [-0.3, -0.25) is 4.79 Å². The number of hydrogen-bond acceptors (Lipinski definition) is 5. The lowest BCUT2D eigenvalue weighted by atomic mass is 10.1. The number of para-hydroxylation sites is 1. The van der Waals surface area contributed by atoms with Gasteiger partial charge in [-0.2, -0.15) is 0 Å². The molecule has 2 heterocycles. The Bertz CT molecular complexity index is 1110. The molecule has 142 valence electrons. The summed E-state index contributed by atoms with van der Waals surface area (Å²) in [6, 6.07) is 13.5. The smallest absolute Gasteiger partial charge is 0.258 e. The van der Waals surface area contributed by atoms with Crippen LogP contribution in [0.15, 0.2) is 53.4 Å². The molecule has 2 aliphatic heterocycles. The Labute approximate surface area is 158 Å². The van der Waals surface area contributed by atoms with Crippen LogP contribution < -0.4 is 4.90 Å². The molecule has 1 fully saturated rings. The Morgan fingerprint density at radius 3 is 2.41 bits per heavy atom. The third kappa shape index (κ3) is 3.27. The van der Waals surface area contributed by atoms with Crippen LogP contribution in [0.2, 0.25) is 0 Å². The van der Waals surface area contributed by atoms with Gasteiger partial charge in [0, 0.05) is 17.8 Å². The second-order valence-electron chi connectivity index (χ2n) is 6.93. The van der Waals surface area contributed by atoms with E-state index in [-0.39, 0.29) is 28.7 Å². The number of benzene rings is 2. The van der Waals surface area contributed by atoms with Crippen LogP contribution in [-0.4, -0.2) is 46.0 Å². The van der Waals surface area contributed by atoms with Gasteiger partial charge in [0.25, 0.3) is 5.91 Å². The van der Waals surface area contributed by atoms with Gasteiger partial charge in [-0.15, -0.1) is 0 Å². The van der Waals surface area contributed by atoms with Crippen molar-refractivity contribution in [2.75, 3.05) is 23.0 Å². The van der Waals surface area contributed by atoms with E-state index in [2.05, 4.69) is 0 Å². The quantitative estimate of drug-likeness (QED) is 0.778. The van der Waals surface area contributed by atoms with Crippen molar-refractivity contribution in [3.63, 3.8) is 0 Å². The topological polar surface area (TPSA) is 88.6 Å². The molecule has 0 saturated carbocycles. The summed E-state index contributed by atoms with van der Waals surface area (Å²) in [5.74, 6) is -0.602. The maximum absolute atomic E-state index is 12.8. The molecule has 2 aromatic carbocycles. The Balaban J connectivity index is 1.57. The molecule has 4 rings (SSSR count). The lowest BCUT2D eigenvalue weighted by Crippen LogP contribution is -2.29. The zero-order valence-electron chi connectivity index (χ0n) is 14.5. The summed E-state index contributed by atoms with van der Waals surface area (Å²) >= 11 is 0. The number of anilines is 1. The zero-order valence-corrected chi connectivity index (χ0v) is 16.2. The minimum atomic E-state index is -3.72. The molecule has 1 amide bonds. The largest absolute Gasteiger partial charge is 0.308 e. The first-order valence-electron chi connectivity index (χ1n) is 8.72. The van der Waals surface area contributed by atoms with Crippen molar-refractivity contribution >= 4 is 31.3 Å². The lowest BCUT2D eigenvalue weighted by molar-refractivity contribution is 0.0989. The van der Waals surface area contributed by atoms with Crippen LogP contribution in [0, 0.1) is 0 Å². The highest BCUT2D eigenvalue weighted by Gasteiger charge is 2.38. The standard InChI is InChI=1S/C19H19NO5S2/c21-19(20-11-9-14-3-1-2-4-18(14)20)15-5-7-16(8-6-15)27(24,25)17-10-12-26(22,23)13-17/h1-8,17H,9-13H2. The normalized spacial score (nSPS) is 21.2. The molecule has 2 aromatic rings. The van der Waals surface area contributed by atoms with Crippen molar-refractivity contribution in [2.45, 2.75) is 23.0 Å². The maximum atomic E-state index is 12.8. The molecule has 27 heavy (non-hydrogen) atoms. The summed E-state index contributed by atoms with van der Waals surface area (Å²) in [7, 11) is -7.01. The molecule has 1 atom stereocenters. The molecule has 8 heteroatoms. The average molecular weight is 405 g/mol. The van der Waals surface area contributed by atoms with Gasteiger partial charge in [-0.25, -0.2) is 16.8 Å². The van der Waals surface area contributed by atoms with Crippen LogP contribution in [-0.2, 0) is 26.1 Å². The van der Waals surface area contributed by atoms with Crippen molar-refractivity contribution in [3.8, 4) is 0 Å². The third-order valence-corrected chi connectivity index (χ3v) is 9.38. The summed E-state index contributed by atoms with van der Waals surface area (Å²) < 4.78 is 48.5. The van der Waals surface area contributed by atoms with Crippen LogP contribution >= 0.6 is 0 Å². The summed E-state index contributed by atoms with van der Waals surface area (Å²) in [6.07, 6.45) is 0.917. The molecule has 2 aliphatic rings. The first-order chi connectivity index (χ1) is 12.8. The number of hydrogen-bond donors (Lipinski definition) is 0. The van der Waals surface area contributed by atoms with Crippen LogP contribution in [0.25, 0.3) is 0 Å². The SMILES string of the molecule is O=C(c1ccc(S(=O)(=O)C2CCS(=O)(=O)C2)cc1)N1CCc2ccccc21. The molecule has 1 saturated heterocycles. The fraction of sp³-hybridized carbons (Fsp3) is 0.316. The highest BCUT2D eigenvalue weighted by atomic mass is 32.2. The van der Waals surface area contributed by atoms with Gasteiger partial charge >= 0.3 is 0 Å². The summed E-state index contributed by atoms with van der Waals surface area (Å²) in [6.45, 7) is 0.595. The second-order valence-corrected chi connectivity index (χ2v) is 11.4. The molecule has 0 radical (unpaired) electrons. The van der Waals surface area contributed by atoms with Crippen LogP contribution in [0.3, 0.4) is 0 Å². The van der Waals surface area contributed by atoms with E-state index >= 15 is 0 Å². The number of rotatable bonds is 3. The summed E-state index contributed by atoms with van der Waals surface area (Å²) in [4.78, 5) is 14.6. The number of fused-ring (bicyclic) bond motifs is 1. The molecule has 0 bridgehead atoms. The van der Waals surface area contributed by atoms with E-state index in [1.165, 1.54) is 24.3 Å².